The summed E-state index contributed by atoms with van der Waals surface area (Å²) in [5, 5.41) is 12.6. The predicted octanol–water partition coefficient (Wildman–Crippen LogP) is 2.42. The van der Waals surface area contributed by atoms with Crippen molar-refractivity contribution >= 4 is 0 Å². The molecule has 1 aliphatic carbocycles. The maximum absolute atomic E-state index is 9.36. The standard InChI is InChI=1S/C13H27NO/c1-3-11-4-5-12(6-7-14-2)9-13(8-11)10-15/h11-15H,3-10H2,1-2H3. The number of aliphatic hydroxyl groups is 1. The molecule has 0 radical (unpaired) electrons. The Morgan fingerprint density at radius 1 is 1.13 bits per heavy atom. The summed E-state index contributed by atoms with van der Waals surface area (Å²) in [6.07, 6.45) is 7.81. The van der Waals surface area contributed by atoms with Crippen molar-refractivity contribution in [3.8, 4) is 0 Å². The highest BCUT2D eigenvalue weighted by Gasteiger charge is 2.24. The summed E-state index contributed by atoms with van der Waals surface area (Å²) in [5.74, 6) is 2.27. The lowest BCUT2D eigenvalue weighted by atomic mass is 9.90. The van der Waals surface area contributed by atoms with Gasteiger partial charge in [-0.25, -0.2) is 0 Å². The summed E-state index contributed by atoms with van der Waals surface area (Å²) in [4.78, 5) is 0. The fraction of sp³-hybridized carbons (Fsp3) is 1.00. The minimum absolute atomic E-state index is 0.395. The van der Waals surface area contributed by atoms with E-state index in [1.54, 1.807) is 0 Å². The molecule has 1 aliphatic rings. The third-order valence-electron chi connectivity index (χ3n) is 3.95. The third-order valence-corrected chi connectivity index (χ3v) is 3.95. The van der Waals surface area contributed by atoms with Crippen LogP contribution in [0.2, 0.25) is 0 Å². The summed E-state index contributed by atoms with van der Waals surface area (Å²) in [7, 11) is 2.02. The molecule has 0 saturated heterocycles. The molecule has 2 nitrogen and oxygen atoms in total. The van der Waals surface area contributed by atoms with Crippen LogP contribution in [0.5, 0.6) is 0 Å². The molecule has 0 aliphatic heterocycles. The van der Waals surface area contributed by atoms with Crippen molar-refractivity contribution in [2.45, 2.75) is 45.4 Å². The van der Waals surface area contributed by atoms with Gasteiger partial charge in [-0.15, -0.1) is 0 Å². The summed E-state index contributed by atoms with van der Waals surface area (Å²) in [6.45, 7) is 3.80. The number of hydrogen-bond donors (Lipinski definition) is 2. The van der Waals surface area contributed by atoms with Gasteiger partial charge in [0, 0.05) is 6.61 Å². The van der Waals surface area contributed by atoms with E-state index >= 15 is 0 Å². The molecule has 0 aromatic heterocycles. The van der Waals surface area contributed by atoms with E-state index in [-0.39, 0.29) is 0 Å². The van der Waals surface area contributed by atoms with Gasteiger partial charge in [0.05, 0.1) is 0 Å². The first-order chi connectivity index (χ1) is 7.30. The van der Waals surface area contributed by atoms with Gasteiger partial charge in [-0.3, -0.25) is 0 Å². The lowest BCUT2D eigenvalue weighted by Crippen LogP contribution is -2.16. The molecule has 3 unspecified atom stereocenters. The highest BCUT2D eigenvalue weighted by atomic mass is 16.3. The summed E-state index contributed by atoms with van der Waals surface area (Å²) >= 11 is 0. The van der Waals surface area contributed by atoms with E-state index in [0.29, 0.717) is 12.5 Å². The SMILES string of the molecule is CCC1CCC(CCNC)CC(CO)C1. The molecule has 0 amide bonds. The van der Waals surface area contributed by atoms with Gasteiger partial charge >= 0.3 is 0 Å². The van der Waals surface area contributed by atoms with E-state index in [4.69, 9.17) is 0 Å². The average Bonchev–Trinajstić information content (AvgIpc) is 2.48. The fourth-order valence-corrected chi connectivity index (χ4v) is 2.88. The van der Waals surface area contributed by atoms with Gasteiger partial charge in [0.25, 0.3) is 0 Å². The molecule has 90 valence electrons. The largest absolute Gasteiger partial charge is 0.396 e. The molecule has 0 aromatic carbocycles. The van der Waals surface area contributed by atoms with Crippen molar-refractivity contribution in [2.24, 2.45) is 17.8 Å². The van der Waals surface area contributed by atoms with E-state index in [1.807, 2.05) is 7.05 Å². The normalized spacial score (nSPS) is 32.6. The van der Waals surface area contributed by atoms with Crippen LogP contribution in [0.3, 0.4) is 0 Å². The molecule has 1 fully saturated rings. The zero-order valence-electron chi connectivity index (χ0n) is 10.3. The third kappa shape index (κ3) is 4.52. The van der Waals surface area contributed by atoms with Crippen LogP contribution in [0.1, 0.15) is 45.4 Å². The van der Waals surface area contributed by atoms with Crippen LogP contribution >= 0.6 is 0 Å². The molecule has 0 spiro atoms. The Hall–Kier alpha value is -0.0800. The van der Waals surface area contributed by atoms with Crippen molar-refractivity contribution in [1.29, 1.82) is 0 Å². The van der Waals surface area contributed by atoms with E-state index in [0.717, 1.165) is 18.4 Å². The lowest BCUT2D eigenvalue weighted by molar-refractivity contribution is 0.187. The summed E-state index contributed by atoms with van der Waals surface area (Å²) < 4.78 is 0. The second-order valence-corrected chi connectivity index (χ2v) is 5.13. The van der Waals surface area contributed by atoms with Crippen LogP contribution < -0.4 is 5.32 Å². The molecule has 1 rings (SSSR count). The van der Waals surface area contributed by atoms with Crippen LogP contribution in [0, 0.1) is 17.8 Å². The van der Waals surface area contributed by atoms with Gasteiger partial charge in [-0.2, -0.15) is 0 Å². The van der Waals surface area contributed by atoms with Crippen molar-refractivity contribution in [1.82, 2.24) is 5.32 Å². The predicted molar refractivity (Wildman–Crippen MR) is 64.9 cm³/mol. The van der Waals surface area contributed by atoms with E-state index in [9.17, 15) is 5.11 Å². The topological polar surface area (TPSA) is 32.3 Å². The van der Waals surface area contributed by atoms with Crippen molar-refractivity contribution in [2.75, 3.05) is 20.2 Å². The first-order valence-electron chi connectivity index (χ1n) is 6.55. The molecule has 2 heteroatoms. The molecular weight excluding hydrogens is 186 g/mol. The fourth-order valence-electron chi connectivity index (χ4n) is 2.88. The van der Waals surface area contributed by atoms with Gasteiger partial charge in [-0.05, 0) is 50.6 Å². The average molecular weight is 213 g/mol. The molecule has 1 saturated carbocycles. The number of nitrogens with one attached hydrogen (secondary N) is 1. The van der Waals surface area contributed by atoms with E-state index < -0.39 is 0 Å². The quantitative estimate of drug-likeness (QED) is 0.687. The Kier molecular flexibility index (Phi) is 6.26. The smallest absolute Gasteiger partial charge is 0.0459 e. The number of aliphatic hydroxyl groups excluding tert-OH is 1. The molecule has 3 atom stereocenters. The molecule has 0 aromatic rings. The number of hydrogen-bond acceptors (Lipinski definition) is 2. The monoisotopic (exact) mass is 213 g/mol. The zero-order valence-corrected chi connectivity index (χ0v) is 10.3. The van der Waals surface area contributed by atoms with Crippen molar-refractivity contribution in [3.63, 3.8) is 0 Å². The Bertz CT molecular complexity index is 161. The maximum Gasteiger partial charge on any atom is 0.0459 e. The van der Waals surface area contributed by atoms with E-state index in [2.05, 4.69) is 12.2 Å². The van der Waals surface area contributed by atoms with Gasteiger partial charge in [0.2, 0.25) is 0 Å². The minimum Gasteiger partial charge on any atom is -0.396 e. The van der Waals surface area contributed by atoms with Gasteiger partial charge in [0.1, 0.15) is 0 Å². The lowest BCUT2D eigenvalue weighted by Gasteiger charge is -2.18. The summed E-state index contributed by atoms with van der Waals surface area (Å²) in [6, 6.07) is 0. The molecular formula is C13H27NO. The van der Waals surface area contributed by atoms with Crippen LogP contribution in [0.4, 0.5) is 0 Å². The molecule has 0 bridgehead atoms. The zero-order chi connectivity index (χ0) is 11.1. The molecule has 0 heterocycles. The van der Waals surface area contributed by atoms with Gasteiger partial charge in [0.15, 0.2) is 0 Å². The second-order valence-electron chi connectivity index (χ2n) is 5.13. The van der Waals surface area contributed by atoms with Crippen LogP contribution in [0.15, 0.2) is 0 Å². The van der Waals surface area contributed by atoms with E-state index in [1.165, 1.54) is 38.5 Å². The number of rotatable bonds is 5. The molecule has 15 heavy (non-hydrogen) atoms. The minimum atomic E-state index is 0.395. The highest BCUT2D eigenvalue weighted by Crippen LogP contribution is 2.34. The maximum atomic E-state index is 9.36. The Balaban J connectivity index is 2.40. The Labute approximate surface area is 94.5 Å². The van der Waals surface area contributed by atoms with Gasteiger partial charge < -0.3 is 10.4 Å². The van der Waals surface area contributed by atoms with Crippen LogP contribution in [-0.2, 0) is 0 Å². The summed E-state index contributed by atoms with van der Waals surface area (Å²) in [5.41, 5.74) is 0. The Morgan fingerprint density at radius 2 is 1.80 bits per heavy atom. The van der Waals surface area contributed by atoms with Crippen molar-refractivity contribution in [3.05, 3.63) is 0 Å². The molecule has 2 N–H and O–H groups in total. The van der Waals surface area contributed by atoms with Crippen LogP contribution in [0.25, 0.3) is 0 Å². The second kappa shape index (κ2) is 7.24. The first-order valence-corrected chi connectivity index (χ1v) is 6.55. The van der Waals surface area contributed by atoms with Gasteiger partial charge in [-0.1, -0.05) is 26.2 Å². The van der Waals surface area contributed by atoms with Crippen molar-refractivity contribution < 1.29 is 5.11 Å². The van der Waals surface area contributed by atoms with Crippen LogP contribution in [-0.4, -0.2) is 25.3 Å². The highest BCUT2D eigenvalue weighted by molar-refractivity contribution is 4.76. The first kappa shape index (κ1) is 13.0. The Morgan fingerprint density at radius 3 is 2.40 bits per heavy atom.